The van der Waals surface area contributed by atoms with Gasteiger partial charge in [0.2, 0.25) is 0 Å². The first-order chi connectivity index (χ1) is 18.4. The van der Waals surface area contributed by atoms with Crippen molar-refractivity contribution in [1.82, 2.24) is 0 Å². The lowest BCUT2D eigenvalue weighted by atomic mass is 9.85. The van der Waals surface area contributed by atoms with Crippen molar-refractivity contribution in [3.63, 3.8) is 0 Å². The topological polar surface area (TPSA) is 210 Å². The van der Waals surface area contributed by atoms with Crippen LogP contribution in [0.5, 0.6) is 0 Å². The summed E-state index contributed by atoms with van der Waals surface area (Å²) in [4.78, 5) is 33.5. The predicted molar refractivity (Wildman–Crippen MR) is 138 cm³/mol. The number of phosphoric ester groups is 1. The highest BCUT2D eigenvalue weighted by molar-refractivity contribution is 7.47. The zero-order valence-corrected chi connectivity index (χ0v) is 23.6. The Morgan fingerprint density at radius 1 is 0.821 bits per heavy atom. The summed E-state index contributed by atoms with van der Waals surface area (Å²) in [5.74, 6) is -1.31. The number of carbonyl (C=O) groups is 2. The number of unbranched alkanes of at least 4 members (excludes halogenated alkanes) is 7. The van der Waals surface area contributed by atoms with Crippen LogP contribution < -0.4 is 0 Å². The molecule has 0 radical (unpaired) electrons. The molecule has 0 aliphatic heterocycles. The van der Waals surface area contributed by atoms with Crippen LogP contribution in [0.2, 0.25) is 0 Å². The molecule has 0 amide bonds. The normalized spacial score (nSPS) is 27.7. The molecule has 0 aromatic carbocycles. The van der Waals surface area contributed by atoms with Crippen LogP contribution >= 0.6 is 7.82 Å². The summed E-state index contributed by atoms with van der Waals surface area (Å²) in [5.41, 5.74) is 0. The van der Waals surface area contributed by atoms with Crippen LogP contribution in [0.15, 0.2) is 12.2 Å². The van der Waals surface area contributed by atoms with Gasteiger partial charge < -0.3 is 39.9 Å². The van der Waals surface area contributed by atoms with Gasteiger partial charge in [-0.3, -0.25) is 18.6 Å². The van der Waals surface area contributed by atoms with Crippen LogP contribution in [0.25, 0.3) is 0 Å². The summed E-state index contributed by atoms with van der Waals surface area (Å²) < 4.78 is 32.0. The average molecular weight is 585 g/mol. The van der Waals surface area contributed by atoms with Crippen LogP contribution in [0.3, 0.4) is 0 Å². The lowest BCUT2D eigenvalue weighted by Crippen LogP contribution is -2.64. The van der Waals surface area contributed by atoms with E-state index in [-0.39, 0.29) is 6.42 Å². The third kappa shape index (κ3) is 14.2. The number of hydrogen-bond acceptors (Lipinski definition) is 12. The standard InChI is InChI=1S/C25H45O13P/c1-3-4-5-6-7-8-9-10-11-12-13-14-19(27)37-18(15-35-17(2)26)16-36-39(33,34)38-25-23(31)21(29)20(28)22(30)24(25)32/h6-7,18,20-25,28-32H,3-5,8-16H2,1-2H3,(H,33,34)/b7-6-. The number of hydrogen-bond donors (Lipinski definition) is 6. The Morgan fingerprint density at radius 3 is 1.95 bits per heavy atom. The molecule has 0 aromatic rings. The highest BCUT2D eigenvalue weighted by atomic mass is 31.2. The zero-order valence-electron chi connectivity index (χ0n) is 22.7. The Morgan fingerprint density at radius 2 is 1.36 bits per heavy atom. The fourth-order valence-electron chi connectivity index (χ4n) is 3.87. The van der Waals surface area contributed by atoms with Gasteiger partial charge in [0.15, 0.2) is 6.10 Å². The van der Waals surface area contributed by atoms with Crippen molar-refractivity contribution in [3.05, 3.63) is 12.2 Å². The SMILES string of the molecule is CCCC/C=C\CCCCCCCC(=O)OC(COC(C)=O)COP(=O)(O)OC1C(O)C(O)C(O)C(O)C1O. The van der Waals surface area contributed by atoms with Crippen molar-refractivity contribution in [2.45, 2.75) is 121 Å². The summed E-state index contributed by atoms with van der Waals surface area (Å²) in [5, 5.41) is 49.1. The first-order valence-electron chi connectivity index (χ1n) is 13.4. The number of carbonyl (C=O) groups excluding carboxylic acids is 2. The Bertz CT molecular complexity index is 776. The molecule has 0 bridgehead atoms. The van der Waals surface area contributed by atoms with E-state index in [1.165, 1.54) is 12.8 Å². The average Bonchev–Trinajstić information content (AvgIpc) is 2.89. The summed E-state index contributed by atoms with van der Waals surface area (Å²) in [6.07, 6.45) is 0.307. The minimum Gasteiger partial charge on any atom is -0.462 e. The molecule has 6 atom stereocenters. The van der Waals surface area contributed by atoms with Gasteiger partial charge in [0.1, 0.15) is 43.2 Å². The number of rotatable bonds is 19. The van der Waals surface area contributed by atoms with Crippen LogP contribution in [-0.2, 0) is 32.7 Å². The van der Waals surface area contributed by atoms with Crippen molar-refractivity contribution in [3.8, 4) is 0 Å². The Kier molecular flexibility index (Phi) is 17.2. The fraction of sp³-hybridized carbons (Fsp3) is 0.840. The molecule has 0 saturated heterocycles. The van der Waals surface area contributed by atoms with E-state index < -0.39 is 75.7 Å². The molecule has 14 heteroatoms. The molecule has 6 N–H and O–H groups in total. The van der Waals surface area contributed by atoms with Crippen molar-refractivity contribution in [2.75, 3.05) is 13.2 Å². The maximum atomic E-state index is 12.4. The first kappa shape index (κ1) is 35.6. The maximum Gasteiger partial charge on any atom is 0.472 e. The van der Waals surface area contributed by atoms with Gasteiger partial charge in [0, 0.05) is 13.3 Å². The molecule has 0 aromatic heterocycles. The maximum absolute atomic E-state index is 12.4. The molecule has 1 rings (SSSR count). The van der Waals surface area contributed by atoms with Crippen LogP contribution in [0, 0.1) is 0 Å². The summed E-state index contributed by atoms with van der Waals surface area (Å²) >= 11 is 0. The number of aliphatic hydroxyl groups excluding tert-OH is 5. The monoisotopic (exact) mass is 584 g/mol. The molecule has 13 nitrogen and oxygen atoms in total. The molecule has 228 valence electrons. The molecule has 1 aliphatic rings. The number of ether oxygens (including phenoxy) is 2. The molecule has 1 saturated carbocycles. The second-order valence-electron chi connectivity index (χ2n) is 9.62. The van der Waals surface area contributed by atoms with E-state index in [9.17, 15) is 44.6 Å². The van der Waals surface area contributed by atoms with Crippen LogP contribution in [0.4, 0.5) is 0 Å². The molecular formula is C25H45O13P. The van der Waals surface area contributed by atoms with E-state index in [4.69, 9.17) is 18.5 Å². The van der Waals surface area contributed by atoms with Gasteiger partial charge in [-0.05, 0) is 25.7 Å². The Labute approximate surface area is 229 Å². The fourth-order valence-corrected chi connectivity index (χ4v) is 4.85. The largest absolute Gasteiger partial charge is 0.472 e. The van der Waals surface area contributed by atoms with Crippen molar-refractivity contribution in [2.24, 2.45) is 0 Å². The van der Waals surface area contributed by atoms with Crippen molar-refractivity contribution < 1.29 is 63.1 Å². The second kappa shape index (κ2) is 18.8. The highest BCUT2D eigenvalue weighted by Gasteiger charge is 2.51. The van der Waals surface area contributed by atoms with E-state index in [1.807, 2.05) is 0 Å². The van der Waals surface area contributed by atoms with Crippen LogP contribution in [-0.4, -0.2) is 98.3 Å². The Balaban J connectivity index is 2.48. The first-order valence-corrected chi connectivity index (χ1v) is 14.9. The van der Waals surface area contributed by atoms with Gasteiger partial charge in [-0.25, -0.2) is 4.57 Å². The highest BCUT2D eigenvalue weighted by Crippen LogP contribution is 2.47. The van der Waals surface area contributed by atoms with Gasteiger partial charge >= 0.3 is 19.8 Å². The van der Waals surface area contributed by atoms with E-state index in [2.05, 4.69) is 19.1 Å². The van der Waals surface area contributed by atoms with Crippen molar-refractivity contribution >= 4 is 19.8 Å². The quantitative estimate of drug-likeness (QED) is 0.0547. The lowest BCUT2D eigenvalue weighted by Gasteiger charge is -2.41. The molecule has 0 spiro atoms. The zero-order chi connectivity index (χ0) is 29.4. The number of phosphoric acid groups is 1. The predicted octanol–water partition coefficient (Wildman–Crippen LogP) is 1.26. The number of esters is 2. The smallest absolute Gasteiger partial charge is 0.462 e. The van der Waals surface area contributed by atoms with E-state index in [0.29, 0.717) is 6.42 Å². The molecule has 1 aliphatic carbocycles. The van der Waals surface area contributed by atoms with Gasteiger partial charge in [0.25, 0.3) is 0 Å². The summed E-state index contributed by atoms with van der Waals surface area (Å²) in [6.45, 7) is 2.07. The minimum absolute atomic E-state index is 0.0827. The third-order valence-electron chi connectivity index (χ3n) is 6.16. The molecule has 6 unspecified atom stereocenters. The van der Waals surface area contributed by atoms with Crippen molar-refractivity contribution in [1.29, 1.82) is 0 Å². The van der Waals surface area contributed by atoms with E-state index in [1.54, 1.807) is 0 Å². The van der Waals surface area contributed by atoms with E-state index in [0.717, 1.165) is 45.4 Å². The second-order valence-corrected chi connectivity index (χ2v) is 11.0. The van der Waals surface area contributed by atoms with Crippen LogP contribution in [0.1, 0.15) is 78.1 Å². The van der Waals surface area contributed by atoms with Gasteiger partial charge in [-0.1, -0.05) is 51.2 Å². The third-order valence-corrected chi connectivity index (χ3v) is 7.15. The number of allylic oxidation sites excluding steroid dienone is 2. The number of aliphatic hydroxyl groups is 5. The van der Waals surface area contributed by atoms with Gasteiger partial charge in [-0.2, -0.15) is 0 Å². The summed E-state index contributed by atoms with van der Waals surface area (Å²) in [6, 6.07) is 0. The molecule has 1 fully saturated rings. The summed E-state index contributed by atoms with van der Waals surface area (Å²) in [7, 11) is -5.06. The van der Waals surface area contributed by atoms with E-state index >= 15 is 0 Å². The van der Waals surface area contributed by atoms with Gasteiger partial charge in [-0.15, -0.1) is 0 Å². The Hall–Kier alpha value is -1.41. The lowest BCUT2D eigenvalue weighted by molar-refractivity contribution is -0.220. The van der Waals surface area contributed by atoms with Gasteiger partial charge in [0.05, 0.1) is 6.61 Å². The molecule has 39 heavy (non-hydrogen) atoms. The molecule has 0 heterocycles. The minimum atomic E-state index is -5.06. The molecular weight excluding hydrogens is 539 g/mol.